The van der Waals surface area contributed by atoms with Crippen molar-refractivity contribution >= 4 is 34.6 Å². The van der Waals surface area contributed by atoms with Gasteiger partial charge in [0.25, 0.3) is 0 Å². The molecule has 3 N–H and O–H groups in total. The number of aromatic nitrogens is 1. The number of nitrogen functional groups attached to an aromatic ring is 1. The first kappa shape index (κ1) is 25.8. The molecule has 6 nitrogen and oxygen atoms in total. The number of nitrogens with one attached hydrogen (secondary N) is 1. The Labute approximate surface area is 226 Å². The lowest BCUT2D eigenvalue weighted by Crippen LogP contribution is -2.49. The summed E-state index contributed by atoms with van der Waals surface area (Å²) in [4.78, 5) is 5.96. The van der Waals surface area contributed by atoms with Crippen LogP contribution in [0.1, 0.15) is 48.4 Å². The molecule has 9 heteroatoms. The van der Waals surface area contributed by atoms with Crippen molar-refractivity contribution in [1.82, 2.24) is 9.88 Å². The van der Waals surface area contributed by atoms with E-state index in [0.717, 1.165) is 62.2 Å². The van der Waals surface area contributed by atoms with Gasteiger partial charge in [0, 0.05) is 41.7 Å². The molecule has 2 aliphatic heterocycles. The zero-order valence-electron chi connectivity index (χ0n) is 20.6. The quantitative estimate of drug-likeness (QED) is 0.217. The number of likely N-dealkylation sites (tertiary alicyclic amines) is 1. The second kappa shape index (κ2) is 10.5. The Balaban J connectivity index is 1.32. The molecule has 0 radical (unpaired) electrons. The Bertz CT molecular complexity index is 1340. The van der Waals surface area contributed by atoms with Crippen molar-refractivity contribution in [3.63, 3.8) is 0 Å². The summed E-state index contributed by atoms with van der Waals surface area (Å²) in [5.74, 6) is 0.564. The third kappa shape index (κ3) is 5.26. The number of nitrogens with zero attached hydrogens (tertiary/aromatic N) is 2. The predicted molar refractivity (Wildman–Crippen MR) is 145 cm³/mol. The van der Waals surface area contributed by atoms with Crippen molar-refractivity contribution in [3.8, 4) is 11.5 Å². The fourth-order valence-electron chi connectivity index (χ4n) is 5.07. The van der Waals surface area contributed by atoms with E-state index in [1.165, 1.54) is 6.20 Å². The summed E-state index contributed by atoms with van der Waals surface area (Å²) in [5.41, 5.74) is 9.61. The molecule has 194 valence electrons. The molecule has 0 aliphatic carbocycles. The van der Waals surface area contributed by atoms with Gasteiger partial charge >= 0.3 is 0 Å². The van der Waals surface area contributed by atoms with E-state index in [1.54, 1.807) is 18.2 Å². The van der Waals surface area contributed by atoms with Crippen molar-refractivity contribution in [2.24, 2.45) is 0 Å². The lowest BCUT2D eigenvalue weighted by Gasteiger charge is -2.44. The molecule has 0 unspecified atom stereocenters. The highest BCUT2D eigenvalue weighted by Crippen LogP contribution is 2.40. The van der Waals surface area contributed by atoms with Gasteiger partial charge in [0.05, 0.1) is 10.7 Å². The number of benzene rings is 2. The number of aryl methyl sites for hydroxylation is 1. The van der Waals surface area contributed by atoms with E-state index in [4.69, 9.17) is 43.8 Å². The van der Waals surface area contributed by atoms with Gasteiger partial charge in [-0.25, -0.2) is 4.98 Å². The Hall–Kier alpha value is -2.87. The number of piperidine rings is 1. The molecule has 3 heterocycles. The molecule has 1 aromatic heterocycles. The topological polar surface area (TPSA) is 84.5 Å². The first-order valence-electron chi connectivity index (χ1n) is 12.4. The summed E-state index contributed by atoms with van der Waals surface area (Å²) in [7, 11) is 0. The van der Waals surface area contributed by atoms with Crippen molar-refractivity contribution < 1.29 is 13.9 Å². The summed E-state index contributed by atoms with van der Waals surface area (Å²) in [6, 6.07) is 11.0. The highest BCUT2D eigenvalue weighted by molar-refractivity contribution is 6.35. The summed E-state index contributed by atoms with van der Waals surface area (Å²) >= 11 is 12.1. The van der Waals surface area contributed by atoms with Gasteiger partial charge in [-0.3, -0.25) is 5.41 Å². The van der Waals surface area contributed by atoms with Gasteiger partial charge in [-0.2, -0.15) is 4.39 Å². The minimum Gasteiger partial charge on any atom is -0.489 e. The normalized spacial score (nSPS) is 16.8. The smallest absolute Gasteiger partial charge is 0.232 e. The van der Waals surface area contributed by atoms with Gasteiger partial charge in [-0.15, -0.1) is 0 Å². The molecule has 0 bridgehead atoms. The van der Waals surface area contributed by atoms with Gasteiger partial charge < -0.3 is 20.1 Å². The van der Waals surface area contributed by atoms with Crippen LogP contribution in [-0.2, 0) is 13.0 Å². The summed E-state index contributed by atoms with van der Waals surface area (Å²) < 4.78 is 26.1. The number of hydrogen-bond acceptors (Lipinski definition) is 6. The fraction of sp³-hybridized carbons (Fsp3) is 0.357. The van der Waals surface area contributed by atoms with Gasteiger partial charge in [0.2, 0.25) is 5.95 Å². The van der Waals surface area contributed by atoms with Crippen LogP contribution in [0.5, 0.6) is 11.5 Å². The zero-order valence-corrected chi connectivity index (χ0v) is 22.1. The van der Waals surface area contributed by atoms with E-state index in [9.17, 15) is 4.39 Å². The number of ether oxygens (including phenoxy) is 2. The number of rotatable bonds is 6. The van der Waals surface area contributed by atoms with Crippen LogP contribution in [0, 0.1) is 11.4 Å². The molecule has 0 saturated carbocycles. The minimum atomic E-state index is -0.807. The van der Waals surface area contributed by atoms with Crippen molar-refractivity contribution in [1.29, 1.82) is 5.41 Å². The summed E-state index contributed by atoms with van der Waals surface area (Å²) in [6.07, 6.45) is 5.19. The first-order chi connectivity index (χ1) is 17.8. The lowest BCUT2D eigenvalue weighted by molar-refractivity contribution is -0.0132. The first-order valence-corrected chi connectivity index (χ1v) is 13.2. The van der Waals surface area contributed by atoms with E-state index in [2.05, 4.69) is 16.8 Å². The summed E-state index contributed by atoms with van der Waals surface area (Å²) in [6.45, 7) is 5.37. The molecule has 0 atom stereocenters. The zero-order chi connectivity index (χ0) is 26.2. The predicted octanol–water partition coefficient (Wildman–Crippen LogP) is 6.28. The molecule has 1 saturated heterocycles. The maximum absolute atomic E-state index is 13.7. The van der Waals surface area contributed by atoms with E-state index in [1.807, 2.05) is 18.2 Å². The van der Waals surface area contributed by atoms with E-state index >= 15 is 0 Å². The number of nitrogens with two attached hydrogens (primary N) is 1. The molecule has 1 fully saturated rings. The van der Waals surface area contributed by atoms with E-state index in [-0.39, 0.29) is 28.0 Å². The standard InChI is InChI=1S/C28H29Cl2FN4O2/c1-2-35-11-9-28(10-12-35)8-7-17-13-18(3-6-24(17)37-28)26(33)20-14-19(4-5-23(20)32)36-16-21-22(29)15-34-27(31)25(21)30/h3-6,13-15,33H,2,7-12,16,32H2,1H3. The molecule has 1 spiro atoms. The van der Waals surface area contributed by atoms with Crippen LogP contribution in [0.4, 0.5) is 10.1 Å². The maximum atomic E-state index is 13.7. The Morgan fingerprint density at radius 3 is 2.73 bits per heavy atom. The number of pyridine rings is 1. The highest BCUT2D eigenvalue weighted by Gasteiger charge is 2.39. The third-order valence-corrected chi connectivity index (χ3v) is 8.15. The third-order valence-electron chi connectivity index (χ3n) is 7.44. The van der Waals surface area contributed by atoms with Crippen LogP contribution < -0.4 is 15.2 Å². The van der Waals surface area contributed by atoms with Crippen LogP contribution in [0.3, 0.4) is 0 Å². The van der Waals surface area contributed by atoms with Crippen molar-refractivity contribution in [2.75, 3.05) is 25.4 Å². The number of anilines is 1. The molecular weight excluding hydrogens is 514 g/mol. The molecule has 5 rings (SSSR count). The van der Waals surface area contributed by atoms with Gasteiger partial charge in [0.1, 0.15) is 28.7 Å². The number of hydrogen-bond donors (Lipinski definition) is 2. The van der Waals surface area contributed by atoms with Gasteiger partial charge in [0.15, 0.2) is 0 Å². The van der Waals surface area contributed by atoms with E-state index in [0.29, 0.717) is 22.6 Å². The average Bonchev–Trinajstić information content (AvgIpc) is 2.91. The largest absolute Gasteiger partial charge is 0.489 e. The molecular formula is C28H29Cl2FN4O2. The molecule has 3 aromatic rings. The van der Waals surface area contributed by atoms with Crippen LogP contribution in [0.15, 0.2) is 42.6 Å². The second-order valence-corrected chi connectivity index (χ2v) is 10.4. The van der Waals surface area contributed by atoms with Crippen LogP contribution in [-0.4, -0.2) is 40.8 Å². The lowest BCUT2D eigenvalue weighted by atomic mass is 9.82. The van der Waals surface area contributed by atoms with Crippen LogP contribution in [0.2, 0.25) is 10.0 Å². The minimum absolute atomic E-state index is 0.0538. The summed E-state index contributed by atoms with van der Waals surface area (Å²) in [5, 5.41) is 8.90. The van der Waals surface area contributed by atoms with Crippen molar-refractivity contribution in [3.05, 3.63) is 80.8 Å². The molecule has 37 heavy (non-hydrogen) atoms. The number of halogens is 3. The Kier molecular flexibility index (Phi) is 7.30. The monoisotopic (exact) mass is 542 g/mol. The highest BCUT2D eigenvalue weighted by atomic mass is 35.5. The molecule has 2 aromatic carbocycles. The van der Waals surface area contributed by atoms with E-state index < -0.39 is 5.95 Å². The maximum Gasteiger partial charge on any atom is 0.232 e. The fourth-order valence-corrected chi connectivity index (χ4v) is 5.52. The van der Waals surface area contributed by atoms with Gasteiger partial charge in [-0.1, -0.05) is 30.1 Å². The Morgan fingerprint density at radius 2 is 1.97 bits per heavy atom. The molecule has 2 aliphatic rings. The Morgan fingerprint density at radius 1 is 1.19 bits per heavy atom. The molecule has 0 amide bonds. The average molecular weight is 543 g/mol. The van der Waals surface area contributed by atoms with Gasteiger partial charge in [-0.05, 0) is 74.2 Å². The van der Waals surface area contributed by atoms with Crippen molar-refractivity contribution in [2.45, 2.75) is 44.8 Å². The van der Waals surface area contributed by atoms with Crippen LogP contribution in [0.25, 0.3) is 0 Å². The SMILES string of the molecule is CCN1CCC2(CCc3cc(C(=N)c4cc(OCc5c(Cl)cnc(F)c5Cl)ccc4N)ccc3O2)CC1. The second-order valence-electron chi connectivity index (χ2n) is 9.64. The van der Waals surface area contributed by atoms with Crippen LogP contribution >= 0.6 is 23.2 Å². The number of fused-ring (bicyclic) bond motifs is 1.